The van der Waals surface area contributed by atoms with Crippen molar-refractivity contribution in [3.63, 3.8) is 0 Å². The van der Waals surface area contributed by atoms with E-state index in [0.717, 1.165) is 31.1 Å². The van der Waals surface area contributed by atoms with Crippen LogP contribution in [0.2, 0.25) is 0 Å². The second-order valence-electron chi connectivity index (χ2n) is 5.34. The van der Waals surface area contributed by atoms with E-state index in [1.165, 1.54) is 25.7 Å². The van der Waals surface area contributed by atoms with Crippen molar-refractivity contribution >= 4 is 10.8 Å². The Morgan fingerprint density at radius 1 is 1.35 bits per heavy atom. The van der Waals surface area contributed by atoms with Crippen molar-refractivity contribution in [2.24, 2.45) is 5.92 Å². The first-order valence-corrected chi connectivity index (χ1v) is 8.67. The summed E-state index contributed by atoms with van der Waals surface area (Å²) in [5, 5.41) is 4.02. The third-order valence-electron chi connectivity index (χ3n) is 4.03. The maximum Gasteiger partial charge on any atom is 0.0317 e. The molecule has 0 aliphatic heterocycles. The summed E-state index contributed by atoms with van der Waals surface area (Å²) in [5.41, 5.74) is 0. The summed E-state index contributed by atoms with van der Waals surface area (Å²) in [7, 11) is -0.609. The van der Waals surface area contributed by atoms with E-state index in [1.54, 1.807) is 0 Å². The first-order chi connectivity index (χ1) is 8.19. The predicted octanol–water partition coefficient (Wildman–Crippen LogP) is 3.09. The molecule has 4 unspecified atom stereocenters. The summed E-state index contributed by atoms with van der Waals surface area (Å²) in [5.74, 6) is 1.68. The molecule has 2 nitrogen and oxygen atoms in total. The molecule has 1 aliphatic rings. The molecule has 3 heteroatoms. The maximum atomic E-state index is 11.9. The van der Waals surface area contributed by atoms with Crippen LogP contribution < -0.4 is 5.32 Å². The molecule has 0 aromatic carbocycles. The molecule has 1 fully saturated rings. The highest BCUT2D eigenvalue weighted by atomic mass is 32.2. The number of hydrogen-bond donors (Lipinski definition) is 1. The summed E-state index contributed by atoms with van der Waals surface area (Å²) in [6.07, 6.45) is 7.40. The van der Waals surface area contributed by atoms with E-state index >= 15 is 0 Å². The molecule has 102 valence electrons. The molecule has 0 amide bonds. The normalized spacial score (nSPS) is 28.2. The van der Waals surface area contributed by atoms with Gasteiger partial charge in [0.15, 0.2) is 0 Å². The average Bonchev–Trinajstić information content (AvgIpc) is 2.79. The van der Waals surface area contributed by atoms with Crippen molar-refractivity contribution in [3.05, 3.63) is 0 Å². The third-order valence-corrected chi connectivity index (χ3v) is 5.90. The van der Waals surface area contributed by atoms with Crippen molar-refractivity contribution < 1.29 is 4.21 Å². The number of rotatable bonds is 8. The van der Waals surface area contributed by atoms with Crippen LogP contribution in [0.4, 0.5) is 0 Å². The highest BCUT2D eigenvalue weighted by Crippen LogP contribution is 2.28. The molecule has 0 bridgehead atoms. The van der Waals surface area contributed by atoms with Crippen molar-refractivity contribution in [3.8, 4) is 0 Å². The van der Waals surface area contributed by atoms with E-state index in [1.807, 2.05) is 0 Å². The minimum atomic E-state index is -0.609. The molecule has 17 heavy (non-hydrogen) atoms. The molecule has 0 saturated heterocycles. The van der Waals surface area contributed by atoms with Gasteiger partial charge >= 0.3 is 0 Å². The van der Waals surface area contributed by atoms with Gasteiger partial charge < -0.3 is 5.32 Å². The Bertz CT molecular complexity index is 232. The van der Waals surface area contributed by atoms with Gasteiger partial charge in [-0.3, -0.25) is 4.21 Å². The molecule has 0 aromatic rings. The number of hydrogen-bond acceptors (Lipinski definition) is 2. The molecular weight excluding hydrogens is 230 g/mol. The fourth-order valence-electron chi connectivity index (χ4n) is 2.64. The fraction of sp³-hybridized carbons (Fsp3) is 1.00. The largest absolute Gasteiger partial charge is 0.314 e. The van der Waals surface area contributed by atoms with Gasteiger partial charge in [0.05, 0.1) is 0 Å². The van der Waals surface area contributed by atoms with Gasteiger partial charge in [0.2, 0.25) is 0 Å². The van der Waals surface area contributed by atoms with Crippen LogP contribution in [0.1, 0.15) is 59.3 Å². The fourth-order valence-corrected chi connectivity index (χ4v) is 3.94. The topological polar surface area (TPSA) is 29.1 Å². The lowest BCUT2D eigenvalue weighted by Crippen LogP contribution is -2.33. The lowest BCUT2D eigenvalue weighted by molar-refractivity contribution is 0.392. The van der Waals surface area contributed by atoms with Gasteiger partial charge in [0.25, 0.3) is 0 Å². The Morgan fingerprint density at radius 3 is 2.76 bits per heavy atom. The van der Waals surface area contributed by atoms with Crippen molar-refractivity contribution in [1.29, 1.82) is 0 Å². The summed E-state index contributed by atoms with van der Waals surface area (Å²) in [6.45, 7) is 7.59. The molecule has 0 radical (unpaired) electrons. The van der Waals surface area contributed by atoms with E-state index in [2.05, 4.69) is 26.1 Å². The molecule has 4 atom stereocenters. The molecule has 1 aliphatic carbocycles. The van der Waals surface area contributed by atoms with E-state index < -0.39 is 10.8 Å². The Balaban J connectivity index is 2.27. The predicted molar refractivity (Wildman–Crippen MR) is 76.8 cm³/mol. The van der Waals surface area contributed by atoms with Gasteiger partial charge in [-0.05, 0) is 44.6 Å². The van der Waals surface area contributed by atoms with Gasteiger partial charge in [-0.15, -0.1) is 0 Å². The Labute approximate surface area is 109 Å². The van der Waals surface area contributed by atoms with Gasteiger partial charge in [0, 0.05) is 27.8 Å². The molecule has 1 N–H and O–H groups in total. The van der Waals surface area contributed by atoms with Crippen molar-refractivity contribution in [2.45, 2.75) is 70.6 Å². The van der Waals surface area contributed by atoms with Crippen molar-refractivity contribution in [1.82, 2.24) is 5.32 Å². The lowest BCUT2D eigenvalue weighted by atomic mass is 10.0. The quantitative estimate of drug-likeness (QED) is 0.726. The van der Waals surface area contributed by atoms with Crippen LogP contribution >= 0.6 is 0 Å². The van der Waals surface area contributed by atoms with Gasteiger partial charge in [0.1, 0.15) is 0 Å². The molecule has 0 spiro atoms. The van der Waals surface area contributed by atoms with Crippen LogP contribution in [0, 0.1) is 5.92 Å². The summed E-state index contributed by atoms with van der Waals surface area (Å²) < 4.78 is 11.9. The monoisotopic (exact) mass is 259 g/mol. The maximum absolute atomic E-state index is 11.9. The van der Waals surface area contributed by atoms with Gasteiger partial charge in [-0.1, -0.05) is 27.2 Å². The molecular formula is C14H29NOS. The zero-order valence-electron chi connectivity index (χ0n) is 11.7. The molecule has 0 heterocycles. The molecule has 1 saturated carbocycles. The van der Waals surface area contributed by atoms with Gasteiger partial charge in [-0.25, -0.2) is 0 Å². The Morgan fingerprint density at radius 2 is 2.12 bits per heavy atom. The lowest BCUT2D eigenvalue weighted by Gasteiger charge is -2.21. The van der Waals surface area contributed by atoms with Crippen LogP contribution in [0.5, 0.6) is 0 Å². The Hall–Kier alpha value is 0.110. The summed E-state index contributed by atoms with van der Waals surface area (Å²) in [4.78, 5) is 0. The summed E-state index contributed by atoms with van der Waals surface area (Å²) in [6, 6.07) is 0.698. The minimum Gasteiger partial charge on any atom is -0.314 e. The third kappa shape index (κ3) is 5.09. The minimum absolute atomic E-state index is 0.374. The molecule has 1 rings (SSSR count). The summed E-state index contributed by atoms with van der Waals surface area (Å²) >= 11 is 0. The van der Waals surface area contributed by atoms with Crippen LogP contribution in [-0.4, -0.2) is 27.8 Å². The van der Waals surface area contributed by atoms with E-state index in [4.69, 9.17) is 0 Å². The van der Waals surface area contributed by atoms with E-state index in [9.17, 15) is 4.21 Å². The van der Waals surface area contributed by atoms with E-state index in [-0.39, 0.29) is 0 Å². The first-order valence-electron chi connectivity index (χ1n) is 7.29. The second kappa shape index (κ2) is 8.25. The zero-order valence-corrected chi connectivity index (χ0v) is 12.5. The van der Waals surface area contributed by atoms with Crippen molar-refractivity contribution in [2.75, 3.05) is 12.3 Å². The standard InChI is InChI=1S/C14H29NOS/c1-4-10-15-14-8-6-7-13(14)9-11-17(16)12(3)5-2/h12-15H,4-11H2,1-3H3. The van der Waals surface area contributed by atoms with Gasteiger partial charge in [-0.2, -0.15) is 0 Å². The van der Waals surface area contributed by atoms with Crippen LogP contribution in [0.25, 0.3) is 0 Å². The van der Waals surface area contributed by atoms with Crippen LogP contribution in [0.15, 0.2) is 0 Å². The highest BCUT2D eigenvalue weighted by Gasteiger charge is 2.26. The highest BCUT2D eigenvalue weighted by molar-refractivity contribution is 7.85. The van der Waals surface area contributed by atoms with Crippen LogP contribution in [0.3, 0.4) is 0 Å². The molecule has 0 aromatic heterocycles. The average molecular weight is 259 g/mol. The van der Waals surface area contributed by atoms with E-state index in [0.29, 0.717) is 11.3 Å². The Kier molecular flexibility index (Phi) is 7.36. The smallest absolute Gasteiger partial charge is 0.0317 e. The van der Waals surface area contributed by atoms with Crippen LogP contribution in [-0.2, 0) is 10.8 Å². The number of nitrogens with one attached hydrogen (secondary N) is 1. The second-order valence-corrected chi connectivity index (χ2v) is 7.32. The SMILES string of the molecule is CCCNC1CCCC1CCS(=O)C(C)CC. The zero-order chi connectivity index (χ0) is 12.7. The first kappa shape index (κ1) is 15.2.